The van der Waals surface area contributed by atoms with Crippen molar-refractivity contribution in [3.63, 3.8) is 0 Å². The van der Waals surface area contributed by atoms with Crippen LogP contribution in [-0.2, 0) is 29.1 Å². The van der Waals surface area contributed by atoms with Crippen LogP contribution in [-0.4, -0.2) is 57.0 Å². The Hall–Kier alpha value is -3.22. The maximum Gasteiger partial charge on any atom is 0.338 e. The number of benzene rings is 1. The molecule has 0 unspecified atom stereocenters. The molecule has 0 bridgehead atoms. The van der Waals surface area contributed by atoms with Gasteiger partial charge in [-0.15, -0.1) is 11.3 Å². The summed E-state index contributed by atoms with van der Waals surface area (Å²) in [5.74, 6) is -1.62. The molecule has 3 heterocycles. The maximum atomic E-state index is 12.8. The second-order valence-electron chi connectivity index (χ2n) is 8.26. The third-order valence-corrected chi connectivity index (χ3v) is 8.85. The zero-order valence-corrected chi connectivity index (χ0v) is 21.3. The molecule has 10 nitrogen and oxygen atoms in total. The molecular formula is C24H27N3O7S2. The number of amides is 2. The molecule has 1 aromatic carbocycles. The van der Waals surface area contributed by atoms with Crippen molar-refractivity contribution in [2.45, 2.75) is 30.7 Å². The normalized spacial score (nSPS) is 19.4. The van der Waals surface area contributed by atoms with Crippen molar-refractivity contribution >= 4 is 39.3 Å². The lowest BCUT2D eigenvalue weighted by Gasteiger charge is -2.31. The van der Waals surface area contributed by atoms with Gasteiger partial charge in [0, 0.05) is 18.0 Å². The number of nitrogens with one attached hydrogen (secondary N) is 2. The summed E-state index contributed by atoms with van der Waals surface area (Å²) in [6.45, 7) is 1.89. The van der Waals surface area contributed by atoms with Gasteiger partial charge in [0.25, 0.3) is 0 Å². The molecule has 36 heavy (non-hydrogen) atoms. The lowest BCUT2D eigenvalue weighted by atomic mass is 9.98. The van der Waals surface area contributed by atoms with Crippen LogP contribution in [0.15, 0.2) is 64.0 Å². The van der Waals surface area contributed by atoms with E-state index in [9.17, 15) is 22.8 Å². The van der Waals surface area contributed by atoms with Gasteiger partial charge in [0.2, 0.25) is 10.0 Å². The number of carbonyl (C=O) groups is 3. The first-order valence-corrected chi connectivity index (χ1v) is 13.9. The van der Waals surface area contributed by atoms with Crippen LogP contribution in [0.3, 0.4) is 0 Å². The Balaban J connectivity index is 1.43. The second kappa shape index (κ2) is 11.2. The van der Waals surface area contributed by atoms with Crippen LogP contribution in [0, 0.1) is 5.92 Å². The molecule has 2 aromatic rings. The van der Waals surface area contributed by atoms with E-state index in [4.69, 9.17) is 9.47 Å². The fourth-order valence-electron chi connectivity index (χ4n) is 4.19. The molecule has 12 heteroatoms. The fraction of sp³-hybridized carbons (Fsp3) is 0.375. The first-order chi connectivity index (χ1) is 17.3. The van der Waals surface area contributed by atoms with Crippen LogP contribution < -0.4 is 10.6 Å². The summed E-state index contributed by atoms with van der Waals surface area (Å²) in [4.78, 5) is 38.8. The lowest BCUT2D eigenvalue weighted by Crippen LogP contribution is -2.47. The van der Waals surface area contributed by atoms with Gasteiger partial charge < -0.3 is 20.1 Å². The number of piperidine rings is 1. The molecule has 1 aromatic heterocycles. The first kappa shape index (κ1) is 25.9. The van der Waals surface area contributed by atoms with E-state index in [1.54, 1.807) is 49.4 Å². The fourth-order valence-corrected chi connectivity index (χ4v) is 6.46. The molecule has 0 spiro atoms. The number of esters is 2. The molecule has 1 atom stereocenters. The van der Waals surface area contributed by atoms with Crippen LogP contribution in [0.5, 0.6) is 0 Å². The highest BCUT2D eigenvalue weighted by Crippen LogP contribution is 2.31. The van der Waals surface area contributed by atoms with Crippen molar-refractivity contribution in [1.29, 1.82) is 0 Å². The summed E-state index contributed by atoms with van der Waals surface area (Å²) < 4.78 is 37.7. The van der Waals surface area contributed by atoms with Gasteiger partial charge in [-0.1, -0.05) is 24.3 Å². The van der Waals surface area contributed by atoms with Crippen molar-refractivity contribution in [3.8, 4) is 0 Å². The number of rotatable bonds is 8. The average molecular weight is 534 g/mol. The van der Waals surface area contributed by atoms with Gasteiger partial charge >= 0.3 is 18.0 Å². The zero-order valence-electron chi connectivity index (χ0n) is 19.6. The topological polar surface area (TPSA) is 131 Å². The SMILES string of the molecule is CCOC(=O)C1=C(COC(=O)C2CCN(S(=O)(=O)c3ccccc3)CC2)NC(=O)N[C@H]1c1cccs1. The first-order valence-electron chi connectivity index (χ1n) is 11.5. The Kier molecular flexibility index (Phi) is 8.07. The molecule has 2 aliphatic rings. The molecule has 2 aliphatic heterocycles. The van der Waals surface area contributed by atoms with E-state index < -0.39 is 40.0 Å². The molecule has 0 radical (unpaired) electrons. The highest BCUT2D eigenvalue weighted by atomic mass is 32.2. The van der Waals surface area contributed by atoms with E-state index in [1.165, 1.54) is 15.6 Å². The van der Waals surface area contributed by atoms with Gasteiger partial charge in [0.15, 0.2) is 0 Å². The number of sulfonamides is 1. The van der Waals surface area contributed by atoms with E-state index >= 15 is 0 Å². The van der Waals surface area contributed by atoms with Crippen LogP contribution in [0.4, 0.5) is 4.79 Å². The van der Waals surface area contributed by atoms with Gasteiger partial charge in [-0.3, -0.25) is 4.79 Å². The van der Waals surface area contributed by atoms with E-state index in [0.29, 0.717) is 12.8 Å². The number of hydrogen-bond acceptors (Lipinski definition) is 8. The largest absolute Gasteiger partial charge is 0.463 e. The quantitative estimate of drug-likeness (QED) is 0.499. The number of nitrogens with zero attached hydrogens (tertiary/aromatic N) is 1. The Morgan fingerprint density at radius 1 is 1.08 bits per heavy atom. The van der Waals surface area contributed by atoms with Crippen LogP contribution in [0.2, 0.25) is 0 Å². The van der Waals surface area contributed by atoms with Crippen molar-refractivity contribution in [2.24, 2.45) is 5.92 Å². The molecule has 4 rings (SSSR count). The number of hydrogen-bond donors (Lipinski definition) is 2. The highest BCUT2D eigenvalue weighted by Gasteiger charge is 2.36. The van der Waals surface area contributed by atoms with Gasteiger partial charge in [0.1, 0.15) is 6.61 Å². The van der Waals surface area contributed by atoms with Crippen LogP contribution in [0.25, 0.3) is 0 Å². The third kappa shape index (κ3) is 5.61. The lowest BCUT2D eigenvalue weighted by molar-refractivity contribution is -0.149. The third-order valence-electron chi connectivity index (χ3n) is 6.00. The van der Waals surface area contributed by atoms with E-state index in [2.05, 4.69) is 10.6 Å². The summed E-state index contributed by atoms with van der Waals surface area (Å²) in [7, 11) is -3.63. The van der Waals surface area contributed by atoms with Crippen molar-refractivity contribution < 1.29 is 32.3 Å². The summed E-state index contributed by atoms with van der Waals surface area (Å²) in [5, 5.41) is 7.12. The van der Waals surface area contributed by atoms with E-state index in [0.717, 1.165) is 4.88 Å². The maximum absolute atomic E-state index is 12.8. The van der Waals surface area contributed by atoms with Gasteiger partial charge in [0.05, 0.1) is 34.7 Å². The standard InChI is InChI=1S/C24H27N3O7S2/c1-2-33-23(29)20-18(25-24(30)26-21(20)19-9-6-14-35-19)15-34-22(28)16-10-12-27(13-11-16)36(31,32)17-7-4-3-5-8-17/h3-9,14,16,21H,2,10-13,15H2,1H3,(H2,25,26,30)/t21-/m0/s1. The average Bonchev–Trinajstić information content (AvgIpc) is 3.42. The Morgan fingerprint density at radius 3 is 2.44 bits per heavy atom. The van der Waals surface area contributed by atoms with Gasteiger partial charge in [-0.25, -0.2) is 18.0 Å². The predicted molar refractivity (Wildman–Crippen MR) is 131 cm³/mol. The Morgan fingerprint density at radius 2 is 1.81 bits per heavy atom. The molecule has 1 saturated heterocycles. The monoisotopic (exact) mass is 533 g/mol. The molecule has 2 N–H and O–H groups in total. The summed E-state index contributed by atoms with van der Waals surface area (Å²) in [6, 6.07) is 10.5. The second-order valence-corrected chi connectivity index (χ2v) is 11.2. The minimum atomic E-state index is -3.63. The molecular weight excluding hydrogens is 506 g/mol. The Labute approximate surface area is 213 Å². The van der Waals surface area contributed by atoms with Gasteiger partial charge in [-0.2, -0.15) is 4.31 Å². The number of urea groups is 1. The molecule has 0 aliphatic carbocycles. The smallest absolute Gasteiger partial charge is 0.338 e. The molecule has 192 valence electrons. The highest BCUT2D eigenvalue weighted by molar-refractivity contribution is 7.89. The van der Waals surface area contributed by atoms with E-state index in [1.807, 2.05) is 5.38 Å². The molecule has 1 fully saturated rings. The zero-order chi connectivity index (χ0) is 25.7. The summed E-state index contributed by atoms with van der Waals surface area (Å²) in [6.07, 6.45) is 0.612. The van der Waals surface area contributed by atoms with Crippen molar-refractivity contribution in [1.82, 2.24) is 14.9 Å². The minimum Gasteiger partial charge on any atom is -0.463 e. The van der Waals surface area contributed by atoms with Crippen LogP contribution in [0.1, 0.15) is 30.7 Å². The molecule has 2 amide bonds. The van der Waals surface area contributed by atoms with Crippen LogP contribution >= 0.6 is 11.3 Å². The molecule has 0 saturated carbocycles. The summed E-state index contributed by atoms with van der Waals surface area (Å²) in [5.41, 5.74) is 0.337. The summed E-state index contributed by atoms with van der Waals surface area (Å²) >= 11 is 1.37. The number of ether oxygens (including phenoxy) is 2. The predicted octanol–water partition coefficient (Wildman–Crippen LogP) is 2.56. The van der Waals surface area contributed by atoms with Crippen molar-refractivity contribution in [3.05, 3.63) is 64.0 Å². The minimum absolute atomic E-state index is 0.144. The number of thiophene rings is 1. The van der Waals surface area contributed by atoms with E-state index in [-0.39, 0.29) is 42.5 Å². The Bertz CT molecular complexity index is 1240. The number of carbonyl (C=O) groups excluding carboxylic acids is 3. The van der Waals surface area contributed by atoms with Gasteiger partial charge in [-0.05, 0) is 43.3 Å². The van der Waals surface area contributed by atoms with Crippen molar-refractivity contribution in [2.75, 3.05) is 26.3 Å².